The number of aromatic nitrogens is 3. The molecule has 3 heterocycles. The molecule has 3 aromatic rings. The van der Waals surface area contributed by atoms with Crippen LogP contribution in [0.5, 0.6) is 0 Å². The van der Waals surface area contributed by atoms with Crippen molar-refractivity contribution in [3.05, 3.63) is 42.2 Å². The quantitative estimate of drug-likeness (QED) is 0.588. The van der Waals surface area contributed by atoms with E-state index in [4.69, 9.17) is 10.1 Å². The molecule has 0 unspecified atom stereocenters. The van der Waals surface area contributed by atoms with Gasteiger partial charge in [0.1, 0.15) is 11.2 Å². The highest BCUT2D eigenvalue weighted by Gasteiger charge is 2.45. The topological polar surface area (TPSA) is 132 Å². The van der Waals surface area contributed by atoms with Crippen molar-refractivity contribution in [2.45, 2.75) is 49.1 Å². The second kappa shape index (κ2) is 6.78. The van der Waals surface area contributed by atoms with E-state index in [1.807, 2.05) is 6.07 Å². The predicted octanol–water partition coefficient (Wildman–Crippen LogP) is 2.11. The lowest BCUT2D eigenvalue weighted by Crippen LogP contribution is -2.54. The first-order valence-corrected chi connectivity index (χ1v) is 11.5. The number of anilines is 2. The molecule has 1 aliphatic carbocycles. The van der Waals surface area contributed by atoms with Crippen molar-refractivity contribution in [3.8, 4) is 0 Å². The van der Waals surface area contributed by atoms with Gasteiger partial charge in [0, 0.05) is 23.0 Å². The molecular weight excluding hydrogens is 404 g/mol. The molecule has 5 rings (SSSR count). The lowest BCUT2D eigenvalue weighted by Gasteiger charge is -2.41. The molecule has 0 saturated heterocycles. The van der Waals surface area contributed by atoms with Gasteiger partial charge in [-0.15, -0.1) is 0 Å². The van der Waals surface area contributed by atoms with Crippen LogP contribution < -0.4 is 15.8 Å². The summed E-state index contributed by atoms with van der Waals surface area (Å²) < 4.78 is 25.0. The molecule has 30 heavy (non-hydrogen) atoms. The predicted molar refractivity (Wildman–Crippen MR) is 112 cm³/mol. The third kappa shape index (κ3) is 3.03. The maximum atomic E-state index is 12.9. The lowest BCUT2D eigenvalue weighted by molar-refractivity contribution is -0.133. The van der Waals surface area contributed by atoms with Crippen molar-refractivity contribution in [1.29, 1.82) is 0 Å². The number of hydrogen-bond acceptors (Lipinski definition) is 6. The molecule has 1 saturated carbocycles. The van der Waals surface area contributed by atoms with Crippen molar-refractivity contribution < 1.29 is 13.2 Å². The highest BCUT2D eigenvalue weighted by molar-refractivity contribution is 7.89. The van der Waals surface area contributed by atoms with Gasteiger partial charge in [0.25, 0.3) is 0 Å². The fourth-order valence-electron chi connectivity index (χ4n) is 4.59. The minimum atomic E-state index is -3.75. The van der Waals surface area contributed by atoms with Crippen LogP contribution in [0.1, 0.15) is 37.8 Å². The van der Waals surface area contributed by atoms with Gasteiger partial charge < -0.3 is 15.2 Å². The zero-order valence-corrected chi connectivity index (χ0v) is 17.1. The molecule has 0 bridgehead atoms. The van der Waals surface area contributed by atoms with Gasteiger partial charge in [-0.1, -0.05) is 19.3 Å². The second-order valence-electron chi connectivity index (χ2n) is 7.91. The van der Waals surface area contributed by atoms with Crippen LogP contribution in [0.4, 0.5) is 11.6 Å². The summed E-state index contributed by atoms with van der Waals surface area (Å²) in [5.41, 5.74) is 1.82. The zero-order chi connectivity index (χ0) is 20.9. The smallest absolute Gasteiger partial charge is 0.246 e. The number of carbonyl (C=O) groups excluding carboxylic acids is 1. The number of hydrogen-bond donors (Lipinski definition) is 3. The highest BCUT2D eigenvalue weighted by atomic mass is 32.2. The number of nitrogens with one attached hydrogen (secondary N) is 2. The highest BCUT2D eigenvalue weighted by Crippen LogP contribution is 2.41. The van der Waals surface area contributed by atoms with Crippen LogP contribution >= 0.6 is 0 Å². The number of nitrogens with zero attached hydrogens (tertiary/aromatic N) is 3. The fourth-order valence-corrected chi connectivity index (χ4v) is 5.11. The van der Waals surface area contributed by atoms with Crippen molar-refractivity contribution in [1.82, 2.24) is 19.9 Å². The first-order valence-electron chi connectivity index (χ1n) is 9.93. The SMILES string of the molecule is NS(=O)(=O)c1ccc(Nc2ncc3cc4n(c3n2)C2(CCCCC2)C(=O)NC4)cc1. The molecule has 4 N–H and O–H groups in total. The second-order valence-corrected chi connectivity index (χ2v) is 9.47. The Morgan fingerprint density at radius 3 is 2.57 bits per heavy atom. The zero-order valence-electron chi connectivity index (χ0n) is 16.3. The van der Waals surface area contributed by atoms with Gasteiger partial charge in [0.2, 0.25) is 21.9 Å². The first kappa shape index (κ1) is 19.0. The van der Waals surface area contributed by atoms with Crippen molar-refractivity contribution in [2.75, 3.05) is 5.32 Å². The van der Waals surface area contributed by atoms with E-state index in [1.165, 1.54) is 12.1 Å². The number of benzene rings is 1. The molecule has 9 nitrogen and oxygen atoms in total. The Kier molecular flexibility index (Phi) is 4.30. The molecule has 0 atom stereocenters. The number of sulfonamides is 1. The average Bonchev–Trinajstić information content (AvgIpc) is 3.10. The van der Waals surface area contributed by atoms with E-state index < -0.39 is 15.6 Å². The summed E-state index contributed by atoms with van der Waals surface area (Å²) in [4.78, 5) is 22.1. The standard InChI is InChI=1S/C20H22N6O3S/c21-30(28,29)16-6-4-14(5-7-16)24-19-23-11-13-10-15-12-22-18(27)20(8-2-1-3-9-20)26(15)17(13)25-19/h4-7,10-11H,1-3,8-9,12H2,(H,22,27)(H2,21,28,29)(H,23,24,25). The van der Waals surface area contributed by atoms with Crippen LogP contribution in [0, 0.1) is 0 Å². The molecule has 1 fully saturated rings. The average molecular weight is 427 g/mol. The summed E-state index contributed by atoms with van der Waals surface area (Å²) in [6.07, 6.45) is 6.52. The number of rotatable bonds is 3. The normalized spacial score (nSPS) is 18.2. The monoisotopic (exact) mass is 426 g/mol. The molecule has 1 spiro atoms. The van der Waals surface area contributed by atoms with Crippen LogP contribution in [0.15, 0.2) is 41.4 Å². The van der Waals surface area contributed by atoms with Crippen LogP contribution in [0.2, 0.25) is 0 Å². The Hall–Kier alpha value is -2.98. The Morgan fingerprint density at radius 1 is 1.13 bits per heavy atom. The lowest BCUT2D eigenvalue weighted by atomic mass is 9.79. The van der Waals surface area contributed by atoms with Crippen LogP contribution in [-0.2, 0) is 26.9 Å². The van der Waals surface area contributed by atoms with Gasteiger partial charge >= 0.3 is 0 Å². The Labute approximate surface area is 173 Å². The fraction of sp³-hybridized carbons (Fsp3) is 0.350. The number of nitrogens with two attached hydrogens (primary N) is 1. The molecule has 2 aromatic heterocycles. The van der Waals surface area contributed by atoms with E-state index in [1.54, 1.807) is 18.3 Å². The van der Waals surface area contributed by atoms with E-state index in [2.05, 4.69) is 20.2 Å². The number of fused-ring (bicyclic) bond motifs is 4. The van der Waals surface area contributed by atoms with E-state index in [0.29, 0.717) is 18.2 Å². The molecule has 2 aliphatic rings. The molecule has 1 aliphatic heterocycles. The Balaban J connectivity index is 1.54. The van der Waals surface area contributed by atoms with Crippen LogP contribution in [0.3, 0.4) is 0 Å². The molecule has 156 valence electrons. The minimum Gasteiger partial charge on any atom is -0.348 e. The third-order valence-corrected chi connectivity index (χ3v) is 6.95. The van der Waals surface area contributed by atoms with Crippen LogP contribution in [-0.4, -0.2) is 28.9 Å². The Bertz CT molecular complexity index is 1240. The van der Waals surface area contributed by atoms with Gasteiger partial charge in [0.15, 0.2) is 0 Å². The molecule has 1 amide bonds. The van der Waals surface area contributed by atoms with E-state index in [-0.39, 0.29) is 10.8 Å². The van der Waals surface area contributed by atoms with Gasteiger partial charge in [-0.2, -0.15) is 4.98 Å². The maximum Gasteiger partial charge on any atom is 0.246 e. The van der Waals surface area contributed by atoms with E-state index in [9.17, 15) is 13.2 Å². The van der Waals surface area contributed by atoms with E-state index in [0.717, 1.165) is 48.8 Å². The van der Waals surface area contributed by atoms with Crippen LogP contribution in [0.25, 0.3) is 11.0 Å². The van der Waals surface area contributed by atoms with Gasteiger partial charge in [0.05, 0.1) is 11.4 Å². The third-order valence-electron chi connectivity index (χ3n) is 6.02. The van der Waals surface area contributed by atoms with Crippen molar-refractivity contribution >= 4 is 38.6 Å². The van der Waals surface area contributed by atoms with Gasteiger partial charge in [-0.3, -0.25) is 4.79 Å². The Morgan fingerprint density at radius 2 is 1.87 bits per heavy atom. The summed E-state index contributed by atoms with van der Waals surface area (Å²) in [5.74, 6) is 0.447. The summed E-state index contributed by atoms with van der Waals surface area (Å²) >= 11 is 0. The molecule has 1 aromatic carbocycles. The van der Waals surface area contributed by atoms with Gasteiger partial charge in [-0.05, 0) is 43.2 Å². The summed E-state index contributed by atoms with van der Waals surface area (Å²) in [5, 5.41) is 12.2. The minimum absolute atomic E-state index is 0.0373. The maximum absolute atomic E-state index is 12.9. The molecular formula is C20H22N6O3S. The van der Waals surface area contributed by atoms with Crippen molar-refractivity contribution in [2.24, 2.45) is 5.14 Å². The van der Waals surface area contributed by atoms with Crippen molar-refractivity contribution in [3.63, 3.8) is 0 Å². The number of carbonyl (C=O) groups is 1. The summed E-state index contributed by atoms with van der Waals surface area (Å²) in [7, 11) is -3.75. The number of amides is 1. The van der Waals surface area contributed by atoms with Gasteiger partial charge in [-0.25, -0.2) is 18.5 Å². The summed E-state index contributed by atoms with van der Waals surface area (Å²) in [6, 6.07) is 8.11. The summed E-state index contributed by atoms with van der Waals surface area (Å²) in [6.45, 7) is 0.481. The first-order chi connectivity index (χ1) is 14.4. The largest absolute Gasteiger partial charge is 0.348 e. The molecule has 0 radical (unpaired) electrons. The molecule has 10 heteroatoms. The number of primary sulfonamides is 1. The van der Waals surface area contributed by atoms with E-state index >= 15 is 0 Å².